The van der Waals surface area contributed by atoms with E-state index in [4.69, 9.17) is 0 Å². The Labute approximate surface area is 213 Å². The van der Waals surface area contributed by atoms with Crippen molar-refractivity contribution in [1.82, 2.24) is 4.58 Å². The molecule has 0 heterocycles. The third-order valence-electron chi connectivity index (χ3n) is 6.19. The molecule has 5 rings (SSSR count). The van der Waals surface area contributed by atoms with Crippen LogP contribution in [0.15, 0.2) is 139 Å². The molecule has 0 atom stereocenters. The minimum atomic E-state index is 0.953. The quantitative estimate of drug-likeness (QED) is 0.278. The van der Waals surface area contributed by atoms with Gasteiger partial charge in [0.2, 0.25) is 17.1 Å². The maximum absolute atomic E-state index is 4.39. The average Bonchev–Trinajstić information content (AvgIpc) is 2.90. The first-order chi connectivity index (χ1) is 17.6. The van der Waals surface area contributed by atoms with E-state index < -0.39 is 0 Å². The van der Waals surface area contributed by atoms with Crippen molar-refractivity contribution in [3.05, 3.63) is 150 Å². The third-order valence-corrected chi connectivity index (χ3v) is 6.19. The van der Waals surface area contributed by atoms with Crippen LogP contribution in [-0.4, -0.2) is 5.71 Å². The summed E-state index contributed by atoms with van der Waals surface area (Å²) in [5, 5.41) is 7.09. The van der Waals surface area contributed by atoms with E-state index in [0.717, 1.165) is 45.4 Å². The lowest BCUT2D eigenvalue weighted by molar-refractivity contribution is 1.06. The number of allylic oxidation sites excluding steroid dienone is 4. The van der Waals surface area contributed by atoms with Crippen LogP contribution in [0.5, 0.6) is 0 Å². The lowest BCUT2D eigenvalue weighted by Gasteiger charge is -2.16. The second-order valence-corrected chi connectivity index (χ2v) is 9.00. The number of anilines is 3. The maximum atomic E-state index is 4.39. The van der Waals surface area contributed by atoms with Gasteiger partial charge in [-0.3, -0.25) is 0 Å². The van der Waals surface area contributed by atoms with Crippen molar-refractivity contribution < 1.29 is 0 Å². The second kappa shape index (κ2) is 10.3. The number of aryl methyl sites for hydroxylation is 2. The molecule has 0 fully saturated rings. The normalized spacial score (nSPS) is 14.3. The van der Waals surface area contributed by atoms with Gasteiger partial charge in [0, 0.05) is 58.2 Å². The molecule has 0 radical (unpaired) electrons. The summed E-state index contributed by atoms with van der Waals surface area (Å²) < 4.78 is 2.29. The summed E-state index contributed by atoms with van der Waals surface area (Å²) in [4.78, 5) is 0. The molecule has 1 aliphatic carbocycles. The highest BCUT2D eigenvalue weighted by molar-refractivity contribution is 6.14. The molecule has 0 amide bonds. The first kappa shape index (κ1) is 23.1. The van der Waals surface area contributed by atoms with Gasteiger partial charge in [0.15, 0.2) is 0 Å². The highest BCUT2D eigenvalue weighted by Gasteiger charge is 2.25. The SMILES string of the molecule is C=C1C=CC(Nc2ccc(C)cc2)=CC1=[N+](c1ccccc1)c1cc(Nc2ccccc2)ccc1C. The van der Waals surface area contributed by atoms with E-state index in [2.05, 4.69) is 133 Å². The zero-order valence-corrected chi connectivity index (χ0v) is 20.7. The molecule has 176 valence electrons. The Balaban J connectivity index is 1.62. The van der Waals surface area contributed by atoms with Crippen LogP contribution in [0, 0.1) is 13.8 Å². The Bertz CT molecular complexity index is 1480. The first-order valence-corrected chi connectivity index (χ1v) is 12.1. The van der Waals surface area contributed by atoms with Crippen molar-refractivity contribution in [3.8, 4) is 0 Å². The zero-order valence-electron chi connectivity index (χ0n) is 20.7. The van der Waals surface area contributed by atoms with E-state index in [0.29, 0.717) is 0 Å². The Morgan fingerprint density at radius 1 is 0.639 bits per heavy atom. The number of para-hydroxylation sites is 2. The number of hydrogen-bond donors (Lipinski definition) is 2. The van der Waals surface area contributed by atoms with Crippen LogP contribution >= 0.6 is 0 Å². The van der Waals surface area contributed by atoms with E-state index in [1.165, 1.54) is 11.1 Å². The van der Waals surface area contributed by atoms with E-state index in [1.807, 2.05) is 24.3 Å². The fourth-order valence-electron chi connectivity index (χ4n) is 4.25. The predicted molar refractivity (Wildman–Crippen MR) is 155 cm³/mol. The van der Waals surface area contributed by atoms with Gasteiger partial charge in [-0.2, -0.15) is 4.58 Å². The number of nitrogens with one attached hydrogen (secondary N) is 2. The van der Waals surface area contributed by atoms with Gasteiger partial charge in [-0.05, 0) is 56.3 Å². The van der Waals surface area contributed by atoms with Crippen molar-refractivity contribution in [2.75, 3.05) is 10.6 Å². The summed E-state index contributed by atoms with van der Waals surface area (Å²) in [6.07, 6.45) is 6.32. The number of rotatable bonds is 6. The summed E-state index contributed by atoms with van der Waals surface area (Å²) in [7, 11) is 0. The van der Waals surface area contributed by atoms with E-state index in [1.54, 1.807) is 0 Å². The first-order valence-electron chi connectivity index (χ1n) is 12.1. The monoisotopic (exact) mass is 468 g/mol. The van der Waals surface area contributed by atoms with Crippen LogP contribution in [-0.2, 0) is 0 Å². The molecule has 0 saturated carbocycles. The lowest BCUT2D eigenvalue weighted by atomic mass is 10.0. The molecular weight excluding hydrogens is 438 g/mol. The molecule has 2 N–H and O–H groups in total. The van der Waals surface area contributed by atoms with Crippen molar-refractivity contribution in [3.63, 3.8) is 0 Å². The van der Waals surface area contributed by atoms with Crippen LogP contribution in [0.25, 0.3) is 0 Å². The van der Waals surface area contributed by atoms with Gasteiger partial charge in [-0.1, -0.05) is 66.7 Å². The van der Waals surface area contributed by atoms with Gasteiger partial charge in [0.1, 0.15) is 0 Å². The van der Waals surface area contributed by atoms with Gasteiger partial charge in [0.25, 0.3) is 0 Å². The van der Waals surface area contributed by atoms with Crippen LogP contribution in [0.1, 0.15) is 11.1 Å². The van der Waals surface area contributed by atoms with Crippen LogP contribution < -0.4 is 15.2 Å². The van der Waals surface area contributed by atoms with Gasteiger partial charge < -0.3 is 10.6 Å². The Hall–Kier alpha value is -4.63. The predicted octanol–water partition coefficient (Wildman–Crippen LogP) is 8.44. The summed E-state index contributed by atoms with van der Waals surface area (Å²) in [6, 6.07) is 35.6. The zero-order chi connectivity index (χ0) is 24.9. The smallest absolute Gasteiger partial charge is 0.220 e. The van der Waals surface area contributed by atoms with Crippen LogP contribution in [0.4, 0.5) is 28.4 Å². The highest BCUT2D eigenvalue weighted by Crippen LogP contribution is 2.31. The van der Waals surface area contributed by atoms with Crippen LogP contribution in [0.3, 0.4) is 0 Å². The molecule has 36 heavy (non-hydrogen) atoms. The summed E-state index contributed by atoms with van der Waals surface area (Å²) in [6.45, 7) is 8.63. The van der Waals surface area contributed by atoms with E-state index in [-0.39, 0.29) is 0 Å². The van der Waals surface area contributed by atoms with E-state index in [9.17, 15) is 0 Å². The minimum absolute atomic E-state index is 0.953. The largest absolute Gasteiger partial charge is 0.355 e. The van der Waals surface area contributed by atoms with Gasteiger partial charge in [-0.15, -0.1) is 0 Å². The van der Waals surface area contributed by atoms with E-state index >= 15 is 0 Å². The molecule has 0 bridgehead atoms. The van der Waals surface area contributed by atoms with Crippen molar-refractivity contribution in [2.45, 2.75) is 13.8 Å². The molecule has 1 aliphatic rings. The molecule has 0 saturated heterocycles. The molecule has 3 nitrogen and oxygen atoms in total. The van der Waals surface area contributed by atoms with Crippen molar-refractivity contribution in [2.24, 2.45) is 0 Å². The Morgan fingerprint density at radius 3 is 2.00 bits per heavy atom. The molecule has 0 aliphatic heterocycles. The fourth-order valence-corrected chi connectivity index (χ4v) is 4.25. The number of benzene rings is 4. The summed E-state index contributed by atoms with van der Waals surface area (Å²) >= 11 is 0. The molecule has 0 spiro atoms. The number of nitrogens with zero attached hydrogens (tertiary/aromatic N) is 1. The van der Waals surface area contributed by atoms with Gasteiger partial charge in [0.05, 0.1) is 0 Å². The molecule has 0 aromatic heterocycles. The van der Waals surface area contributed by atoms with Crippen LogP contribution in [0.2, 0.25) is 0 Å². The highest BCUT2D eigenvalue weighted by atomic mass is 15.0. The standard InChI is InChI=1S/C33H29N3/c1-24-14-18-28(19-15-24)35-30-21-17-26(3)33(23-30)36(31-12-8-5-9-13-31)32-22-29(20-16-25(32)2)34-27-10-6-4-7-11-27/h4-23,34H,3H2,1-2H3/p+1. The Morgan fingerprint density at radius 2 is 1.28 bits per heavy atom. The van der Waals surface area contributed by atoms with Crippen molar-refractivity contribution in [1.29, 1.82) is 0 Å². The van der Waals surface area contributed by atoms with Gasteiger partial charge >= 0.3 is 0 Å². The minimum Gasteiger partial charge on any atom is -0.355 e. The Kier molecular flexibility index (Phi) is 6.63. The molecule has 0 unspecified atom stereocenters. The van der Waals surface area contributed by atoms with Gasteiger partial charge in [-0.25, -0.2) is 0 Å². The van der Waals surface area contributed by atoms with Crippen molar-refractivity contribution >= 4 is 34.1 Å². The third kappa shape index (κ3) is 5.21. The average molecular weight is 469 g/mol. The molecule has 4 aromatic carbocycles. The summed E-state index contributed by atoms with van der Waals surface area (Å²) in [5.74, 6) is 0. The molecule has 3 heteroatoms. The summed E-state index contributed by atoms with van der Waals surface area (Å²) in [5.41, 5.74) is 10.7. The number of hydrogen-bond acceptors (Lipinski definition) is 2. The lowest BCUT2D eigenvalue weighted by Crippen LogP contribution is -2.20. The molecule has 4 aromatic rings. The maximum Gasteiger partial charge on any atom is 0.220 e. The topological polar surface area (TPSA) is 27.1 Å². The second-order valence-electron chi connectivity index (χ2n) is 9.00. The fraction of sp³-hybridized carbons (Fsp3) is 0.0606. The molecular formula is C33H30N3+.